The molecule has 1 amide bonds. The van der Waals surface area contributed by atoms with Gasteiger partial charge in [0.15, 0.2) is 0 Å². The van der Waals surface area contributed by atoms with Gasteiger partial charge in [-0.3, -0.25) is 13.9 Å². The summed E-state index contributed by atoms with van der Waals surface area (Å²) in [6.45, 7) is 2.02. The molecule has 2 rings (SSSR count). The van der Waals surface area contributed by atoms with Crippen LogP contribution in [0.1, 0.15) is 69.9 Å². The van der Waals surface area contributed by atoms with E-state index in [1.807, 2.05) is 19.1 Å². The Morgan fingerprint density at radius 2 is 1.89 bits per heavy atom. The predicted molar refractivity (Wildman–Crippen MR) is 113 cm³/mol. The van der Waals surface area contributed by atoms with Gasteiger partial charge in [-0.05, 0) is 37.3 Å². The Morgan fingerprint density at radius 1 is 1.18 bits per heavy atom. The number of unbranched alkanes of at least 4 members (excludes halogenated alkanes) is 5. The Kier molecular flexibility index (Phi) is 8.48. The van der Waals surface area contributed by atoms with Crippen molar-refractivity contribution >= 4 is 23.2 Å². The quantitative estimate of drug-likeness (QED) is 0.447. The number of carbonyl (C=O) groups excluding carboxylic acids is 2. The molecular weight excluding hydrogens is 354 g/mol. The number of imidazole rings is 1. The lowest BCUT2D eigenvalue weighted by Gasteiger charge is -2.16. The van der Waals surface area contributed by atoms with Crippen LogP contribution in [0.15, 0.2) is 23.0 Å². The third-order valence-electron chi connectivity index (χ3n) is 5.38. The van der Waals surface area contributed by atoms with Gasteiger partial charge in [0.1, 0.15) is 12.3 Å². The molecule has 28 heavy (non-hydrogen) atoms. The minimum atomic E-state index is -0.487. The molecule has 0 spiro atoms. The maximum Gasteiger partial charge on any atom is 0.329 e. The van der Waals surface area contributed by atoms with Gasteiger partial charge in [-0.15, -0.1) is 0 Å². The molecule has 2 aromatic rings. The van der Waals surface area contributed by atoms with Crippen LogP contribution in [0.2, 0.25) is 0 Å². The zero-order valence-corrected chi connectivity index (χ0v) is 17.4. The first-order chi connectivity index (χ1) is 13.6. The third-order valence-corrected chi connectivity index (χ3v) is 5.38. The first kappa shape index (κ1) is 21.9. The van der Waals surface area contributed by atoms with Gasteiger partial charge in [-0.2, -0.15) is 0 Å². The number of fused-ring (bicyclic) bond motifs is 1. The summed E-state index contributed by atoms with van der Waals surface area (Å²) in [5, 5.41) is 2.70. The van der Waals surface area contributed by atoms with Crippen LogP contribution in [0.5, 0.6) is 0 Å². The second-order valence-corrected chi connectivity index (χ2v) is 7.39. The fourth-order valence-electron chi connectivity index (χ4n) is 3.91. The molecule has 1 atom stereocenters. The molecule has 1 unspecified atom stereocenters. The number of benzene rings is 1. The van der Waals surface area contributed by atoms with Crippen LogP contribution in [0, 0.1) is 0 Å². The van der Waals surface area contributed by atoms with E-state index in [4.69, 9.17) is 0 Å². The Labute approximate surface area is 166 Å². The van der Waals surface area contributed by atoms with E-state index in [9.17, 15) is 14.4 Å². The Balaban J connectivity index is 2.25. The van der Waals surface area contributed by atoms with Gasteiger partial charge in [-0.25, -0.2) is 4.79 Å². The van der Waals surface area contributed by atoms with Gasteiger partial charge in [0, 0.05) is 20.5 Å². The average molecular weight is 388 g/mol. The summed E-state index contributed by atoms with van der Waals surface area (Å²) in [5.74, 6) is -0.128. The minimum absolute atomic E-state index is 0.128. The lowest BCUT2D eigenvalue weighted by Crippen LogP contribution is -2.35. The molecule has 154 valence electrons. The summed E-state index contributed by atoms with van der Waals surface area (Å²) in [4.78, 5) is 35.7. The third kappa shape index (κ3) is 4.91. The molecule has 0 aliphatic heterocycles. The maximum atomic E-state index is 13.0. The van der Waals surface area contributed by atoms with Crippen LogP contribution in [0.3, 0.4) is 0 Å². The molecule has 6 nitrogen and oxygen atoms in total. The van der Waals surface area contributed by atoms with Crippen molar-refractivity contribution in [2.24, 2.45) is 7.05 Å². The van der Waals surface area contributed by atoms with Crippen molar-refractivity contribution in [1.29, 1.82) is 0 Å². The number of nitrogens with zero attached hydrogens (tertiary/aromatic N) is 2. The van der Waals surface area contributed by atoms with Crippen molar-refractivity contribution in [3.8, 4) is 0 Å². The molecule has 1 aromatic heterocycles. The van der Waals surface area contributed by atoms with Gasteiger partial charge < -0.3 is 10.1 Å². The fraction of sp³-hybridized carbons (Fsp3) is 0.591. The van der Waals surface area contributed by atoms with Crippen LogP contribution in [-0.4, -0.2) is 28.4 Å². The molecule has 0 bridgehead atoms. The van der Waals surface area contributed by atoms with Crippen molar-refractivity contribution in [2.45, 2.75) is 70.8 Å². The highest BCUT2D eigenvalue weighted by Gasteiger charge is 2.25. The van der Waals surface area contributed by atoms with Crippen LogP contribution >= 0.6 is 0 Å². The van der Waals surface area contributed by atoms with Gasteiger partial charge >= 0.3 is 5.69 Å². The van der Waals surface area contributed by atoms with E-state index >= 15 is 0 Å². The van der Waals surface area contributed by atoms with E-state index in [0.717, 1.165) is 67.8 Å². The van der Waals surface area contributed by atoms with Crippen molar-refractivity contribution < 1.29 is 9.59 Å². The predicted octanol–water partition coefficient (Wildman–Crippen LogP) is 3.51. The molecule has 0 saturated carbocycles. The van der Waals surface area contributed by atoms with Crippen LogP contribution in [0.25, 0.3) is 11.0 Å². The van der Waals surface area contributed by atoms with Gasteiger partial charge in [-0.1, -0.05) is 44.7 Å². The van der Waals surface area contributed by atoms with Crippen molar-refractivity contribution in [1.82, 2.24) is 14.5 Å². The van der Waals surface area contributed by atoms with Crippen LogP contribution in [-0.2, 0) is 23.1 Å². The smallest absolute Gasteiger partial charge is 0.329 e. The largest absolute Gasteiger partial charge is 0.357 e. The van der Waals surface area contributed by atoms with E-state index < -0.39 is 6.04 Å². The monoisotopic (exact) mass is 387 g/mol. The van der Waals surface area contributed by atoms with E-state index in [0.29, 0.717) is 12.8 Å². The summed E-state index contributed by atoms with van der Waals surface area (Å²) in [6, 6.07) is 5.50. The number of amides is 1. The topological polar surface area (TPSA) is 73.1 Å². The van der Waals surface area contributed by atoms with E-state index in [1.54, 1.807) is 23.2 Å². The summed E-state index contributed by atoms with van der Waals surface area (Å²) in [5.41, 5.74) is 2.77. The Bertz CT molecular complexity index is 851. The lowest BCUT2D eigenvalue weighted by atomic mass is 10.0. The second kappa shape index (κ2) is 10.8. The zero-order chi connectivity index (χ0) is 20.5. The van der Waals surface area contributed by atoms with Crippen molar-refractivity contribution in [2.75, 3.05) is 7.05 Å². The highest BCUT2D eigenvalue weighted by atomic mass is 16.2. The molecule has 0 aliphatic carbocycles. The first-order valence-corrected chi connectivity index (χ1v) is 10.4. The van der Waals surface area contributed by atoms with Gasteiger partial charge in [0.25, 0.3) is 0 Å². The molecule has 1 N–H and O–H groups in total. The molecule has 6 heteroatoms. The second-order valence-electron chi connectivity index (χ2n) is 7.39. The van der Waals surface area contributed by atoms with Crippen LogP contribution < -0.4 is 11.0 Å². The maximum absolute atomic E-state index is 13.0. The van der Waals surface area contributed by atoms with E-state index in [2.05, 4.69) is 11.4 Å². The lowest BCUT2D eigenvalue weighted by molar-refractivity contribution is -0.124. The molecular formula is C22H33N3O3. The first-order valence-electron chi connectivity index (χ1n) is 10.4. The highest BCUT2D eigenvalue weighted by Crippen LogP contribution is 2.24. The number of likely N-dealkylation sites (N-methyl/N-ethyl adjacent to an activating group) is 1. The molecule has 1 heterocycles. The molecule has 0 radical (unpaired) electrons. The molecule has 0 aliphatic rings. The Morgan fingerprint density at radius 3 is 2.57 bits per heavy atom. The van der Waals surface area contributed by atoms with Gasteiger partial charge in [0.2, 0.25) is 5.91 Å². The van der Waals surface area contributed by atoms with Crippen molar-refractivity contribution in [3.05, 3.63) is 34.2 Å². The number of aromatic nitrogens is 2. The number of hydrogen-bond acceptors (Lipinski definition) is 3. The fourth-order valence-corrected chi connectivity index (χ4v) is 3.91. The van der Waals surface area contributed by atoms with Crippen molar-refractivity contribution in [3.63, 3.8) is 0 Å². The number of aryl methyl sites for hydroxylation is 2. The SMILES string of the molecule is CCCC(C(=O)NC)n1c(=O)n(C)c2c(CCCCCCCC=O)cccc21. The number of para-hydroxylation sites is 1. The van der Waals surface area contributed by atoms with E-state index in [-0.39, 0.29) is 11.6 Å². The molecule has 1 aromatic carbocycles. The number of carbonyl (C=O) groups is 2. The van der Waals surface area contributed by atoms with Gasteiger partial charge in [0.05, 0.1) is 11.0 Å². The average Bonchev–Trinajstić information content (AvgIpc) is 2.96. The minimum Gasteiger partial charge on any atom is -0.357 e. The zero-order valence-electron chi connectivity index (χ0n) is 17.4. The summed E-state index contributed by atoms with van der Waals surface area (Å²) in [7, 11) is 3.40. The number of rotatable bonds is 12. The van der Waals surface area contributed by atoms with E-state index in [1.165, 1.54) is 0 Å². The number of aldehydes is 1. The molecule has 0 saturated heterocycles. The highest BCUT2D eigenvalue weighted by molar-refractivity contribution is 5.85. The normalized spacial score (nSPS) is 12.2. The summed E-state index contributed by atoms with van der Waals surface area (Å²) >= 11 is 0. The summed E-state index contributed by atoms with van der Waals surface area (Å²) in [6.07, 6.45) is 9.33. The summed E-state index contributed by atoms with van der Waals surface area (Å²) < 4.78 is 3.33. The molecule has 0 fully saturated rings. The number of hydrogen-bond donors (Lipinski definition) is 1. The standard InChI is InChI=1S/C22H33N3O3/c1-4-12-19(21(27)23-2)25-18-15-11-14-17(20(18)24(3)22(25)28)13-9-7-5-6-8-10-16-26/h11,14-16,19H,4-10,12-13H2,1-3H3,(H,23,27). The Hall–Kier alpha value is -2.37. The van der Waals surface area contributed by atoms with Crippen LogP contribution in [0.4, 0.5) is 0 Å². The number of nitrogens with one attached hydrogen (secondary N) is 1.